The van der Waals surface area contributed by atoms with E-state index in [2.05, 4.69) is 95.4 Å². The predicted octanol–water partition coefficient (Wildman–Crippen LogP) is 9.46. The van der Waals surface area contributed by atoms with Crippen molar-refractivity contribution in [1.82, 2.24) is 0 Å². The minimum absolute atomic E-state index is 0.943. The van der Waals surface area contributed by atoms with Crippen molar-refractivity contribution in [3.8, 4) is 0 Å². The molecule has 1 aromatic carbocycles. The van der Waals surface area contributed by atoms with E-state index in [9.17, 15) is 0 Å². The van der Waals surface area contributed by atoms with E-state index in [1.165, 1.54) is 133 Å². The molecule has 0 atom stereocenters. The van der Waals surface area contributed by atoms with Gasteiger partial charge in [-0.1, -0.05) is 97.0 Å². The molecule has 0 unspecified atom stereocenters. The summed E-state index contributed by atoms with van der Waals surface area (Å²) in [6.45, 7) is 10.3. The Hall–Kier alpha value is -1.71. The number of benzene rings is 1. The predicted molar refractivity (Wildman–Crippen MR) is 179 cm³/mol. The molecule has 232 valence electrons. The first kappa shape index (κ1) is 35.5. The van der Waals surface area contributed by atoms with Crippen LogP contribution in [0.15, 0.2) is 48.8 Å². The molecular weight excluding hydrogens is 498 g/mol. The van der Waals surface area contributed by atoms with Crippen molar-refractivity contribution < 1.29 is 13.5 Å². The molecule has 1 aromatic heterocycles. The SMILES string of the molecule is CCCCCCCCCC[N+](C)(C)Cc1cc(C[n+]2ccccc2)cc(C[N+](C)(C)CCCCCCCCCC)c1. The average Bonchev–Trinajstić information content (AvgIpc) is 2.91. The lowest BCUT2D eigenvalue weighted by atomic mass is 10.0. The Balaban J connectivity index is 1.96. The molecule has 1 heterocycles. The monoisotopic (exact) mass is 567 g/mol. The highest BCUT2D eigenvalue weighted by molar-refractivity contribution is 5.29. The third-order valence-electron chi connectivity index (χ3n) is 8.71. The second-order valence-corrected chi connectivity index (χ2v) is 14.3. The highest BCUT2D eigenvalue weighted by Crippen LogP contribution is 2.20. The second-order valence-electron chi connectivity index (χ2n) is 14.3. The maximum absolute atomic E-state index is 2.53. The molecule has 2 aromatic rings. The van der Waals surface area contributed by atoms with Crippen LogP contribution in [-0.4, -0.2) is 50.2 Å². The smallest absolute Gasteiger partial charge is 0.173 e. The average molecular weight is 567 g/mol. The number of hydrogen-bond donors (Lipinski definition) is 0. The van der Waals surface area contributed by atoms with Gasteiger partial charge < -0.3 is 8.97 Å². The molecule has 0 spiro atoms. The number of quaternary nitrogens is 2. The van der Waals surface area contributed by atoms with Crippen molar-refractivity contribution in [3.05, 3.63) is 65.5 Å². The Labute approximate surface area is 256 Å². The van der Waals surface area contributed by atoms with Gasteiger partial charge in [-0.25, -0.2) is 4.57 Å². The highest BCUT2D eigenvalue weighted by atomic mass is 15.3. The quantitative estimate of drug-likeness (QED) is 0.0677. The molecule has 0 aliphatic carbocycles. The van der Waals surface area contributed by atoms with Gasteiger partial charge in [0.1, 0.15) is 13.1 Å². The molecule has 0 radical (unpaired) electrons. The summed E-state index contributed by atoms with van der Waals surface area (Å²) >= 11 is 0. The van der Waals surface area contributed by atoms with E-state index in [0.717, 1.165) is 28.6 Å². The summed E-state index contributed by atoms with van der Waals surface area (Å²) in [5.41, 5.74) is 4.45. The molecule has 0 bridgehead atoms. The first-order chi connectivity index (χ1) is 19.7. The minimum atomic E-state index is 0.943. The van der Waals surface area contributed by atoms with E-state index in [4.69, 9.17) is 0 Å². The van der Waals surface area contributed by atoms with E-state index >= 15 is 0 Å². The number of unbranched alkanes of at least 4 members (excludes halogenated alkanes) is 14. The highest BCUT2D eigenvalue weighted by Gasteiger charge is 2.20. The van der Waals surface area contributed by atoms with Crippen LogP contribution >= 0.6 is 0 Å². The third kappa shape index (κ3) is 17.1. The van der Waals surface area contributed by atoms with Gasteiger partial charge in [-0.2, -0.15) is 0 Å². The van der Waals surface area contributed by atoms with E-state index in [0.29, 0.717) is 0 Å². The molecule has 0 saturated heterocycles. The van der Waals surface area contributed by atoms with E-state index < -0.39 is 0 Å². The topological polar surface area (TPSA) is 3.88 Å². The Kier molecular flexibility index (Phi) is 17.5. The molecule has 0 N–H and O–H groups in total. The maximum Gasteiger partial charge on any atom is 0.173 e. The molecule has 0 aliphatic rings. The van der Waals surface area contributed by atoms with Crippen LogP contribution in [0.2, 0.25) is 0 Å². The first-order valence-electron chi connectivity index (χ1n) is 17.4. The van der Waals surface area contributed by atoms with Gasteiger partial charge in [-0.15, -0.1) is 0 Å². The molecule has 3 nitrogen and oxygen atoms in total. The van der Waals surface area contributed by atoms with Crippen molar-refractivity contribution in [3.63, 3.8) is 0 Å². The zero-order valence-corrected chi connectivity index (χ0v) is 28.3. The largest absolute Gasteiger partial charge is 0.325 e. The lowest BCUT2D eigenvalue weighted by Crippen LogP contribution is -2.40. The molecule has 0 saturated carbocycles. The molecular formula is C38H68N3+3. The van der Waals surface area contributed by atoms with Crippen LogP contribution in [0.1, 0.15) is 133 Å². The van der Waals surface area contributed by atoms with E-state index in [-0.39, 0.29) is 0 Å². The van der Waals surface area contributed by atoms with Crippen LogP contribution in [0.5, 0.6) is 0 Å². The summed E-state index contributed by atoms with van der Waals surface area (Å²) in [7, 11) is 9.73. The molecule has 41 heavy (non-hydrogen) atoms. The first-order valence-corrected chi connectivity index (χ1v) is 17.4. The second kappa shape index (κ2) is 20.2. The van der Waals surface area contributed by atoms with Crippen LogP contribution in [0.25, 0.3) is 0 Å². The van der Waals surface area contributed by atoms with Gasteiger partial charge in [-0.3, -0.25) is 0 Å². The number of hydrogen-bond acceptors (Lipinski definition) is 0. The molecule has 0 fully saturated rings. The Morgan fingerprint density at radius 1 is 0.463 bits per heavy atom. The summed E-state index contributed by atoms with van der Waals surface area (Å²) in [6, 6.07) is 13.9. The molecule has 0 amide bonds. The summed E-state index contributed by atoms with van der Waals surface area (Å²) in [4.78, 5) is 0. The normalized spacial score (nSPS) is 12.2. The van der Waals surface area contributed by atoms with Crippen molar-refractivity contribution in [2.75, 3.05) is 41.3 Å². The fraction of sp³-hybridized carbons (Fsp3) is 0.711. The van der Waals surface area contributed by atoms with Crippen molar-refractivity contribution in [1.29, 1.82) is 0 Å². The molecule has 2 rings (SSSR count). The van der Waals surface area contributed by atoms with Crippen LogP contribution in [0.3, 0.4) is 0 Å². The Bertz CT molecular complexity index is 866. The van der Waals surface area contributed by atoms with Crippen LogP contribution < -0.4 is 4.57 Å². The molecule has 0 aliphatic heterocycles. The third-order valence-corrected chi connectivity index (χ3v) is 8.71. The minimum Gasteiger partial charge on any atom is -0.325 e. The number of nitrogens with zero attached hydrogens (tertiary/aromatic N) is 3. The van der Waals surface area contributed by atoms with Crippen molar-refractivity contribution >= 4 is 0 Å². The lowest BCUT2D eigenvalue weighted by Gasteiger charge is -2.32. The van der Waals surface area contributed by atoms with Gasteiger partial charge in [0.2, 0.25) is 0 Å². The lowest BCUT2D eigenvalue weighted by molar-refractivity contribution is -0.904. The summed E-state index contributed by atoms with van der Waals surface area (Å²) in [6.07, 6.45) is 26.7. The molecule has 3 heteroatoms. The summed E-state index contributed by atoms with van der Waals surface area (Å²) in [5.74, 6) is 0. The Morgan fingerprint density at radius 3 is 1.24 bits per heavy atom. The van der Waals surface area contributed by atoms with Crippen molar-refractivity contribution in [2.24, 2.45) is 0 Å². The fourth-order valence-electron chi connectivity index (χ4n) is 6.36. The zero-order chi connectivity index (χ0) is 29.8. The van der Waals surface area contributed by atoms with Gasteiger partial charge in [0.15, 0.2) is 18.9 Å². The van der Waals surface area contributed by atoms with E-state index in [1.54, 1.807) is 0 Å². The van der Waals surface area contributed by atoms with Gasteiger partial charge in [0.25, 0.3) is 0 Å². The van der Waals surface area contributed by atoms with Gasteiger partial charge in [-0.05, 0) is 43.9 Å². The number of aromatic nitrogens is 1. The van der Waals surface area contributed by atoms with Crippen LogP contribution in [-0.2, 0) is 19.6 Å². The van der Waals surface area contributed by atoms with Gasteiger partial charge in [0.05, 0.1) is 41.3 Å². The number of pyridine rings is 1. The van der Waals surface area contributed by atoms with Crippen LogP contribution in [0, 0.1) is 0 Å². The van der Waals surface area contributed by atoms with Gasteiger partial charge >= 0.3 is 0 Å². The fourth-order valence-corrected chi connectivity index (χ4v) is 6.36. The summed E-state index contributed by atoms with van der Waals surface area (Å²) in [5, 5.41) is 0. The van der Waals surface area contributed by atoms with E-state index in [1.807, 2.05) is 0 Å². The summed E-state index contributed by atoms with van der Waals surface area (Å²) < 4.78 is 4.46. The van der Waals surface area contributed by atoms with Crippen molar-refractivity contribution in [2.45, 2.75) is 136 Å². The standard InChI is InChI=1S/C38H68N3/c1-7-9-11-13-15-17-19-24-28-40(3,4)34-37-30-36(33-39-26-22-21-23-27-39)31-38(32-37)35-41(5,6)29-25-20-18-16-14-12-10-8-2/h21-23,26-27,30-32H,7-20,24-25,28-29,33-35H2,1-6H3/q+3. The van der Waals surface area contributed by atoms with Crippen LogP contribution in [0.4, 0.5) is 0 Å². The van der Waals surface area contributed by atoms with Gasteiger partial charge in [0, 0.05) is 28.8 Å². The zero-order valence-electron chi connectivity index (χ0n) is 28.3. The maximum atomic E-state index is 2.53. The number of rotatable bonds is 24. The Morgan fingerprint density at radius 2 is 0.829 bits per heavy atom.